The first-order chi connectivity index (χ1) is 11.0. The molecule has 1 unspecified atom stereocenters. The van der Waals surface area contributed by atoms with Crippen molar-refractivity contribution in [2.75, 3.05) is 19.6 Å². The van der Waals surface area contributed by atoms with Gasteiger partial charge in [0.15, 0.2) is 0 Å². The summed E-state index contributed by atoms with van der Waals surface area (Å²) in [5, 5.41) is 0.678. The molecule has 1 heterocycles. The van der Waals surface area contributed by atoms with E-state index in [4.69, 9.17) is 11.6 Å². The van der Waals surface area contributed by atoms with Crippen LogP contribution in [0.3, 0.4) is 0 Å². The maximum Gasteiger partial charge on any atom is 0.224 e. The highest BCUT2D eigenvalue weighted by Crippen LogP contribution is 2.17. The van der Waals surface area contributed by atoms with Gasteiger partial charge in [0, 0.05) is 44.5 Å². The maximum atomic E-state index is 12.3. The van der Waals surface area contributed by atoms with Crippen LogP contribution in [0.4, 0.5) is 0 Å². The fraction of sp³-hybridized carbons (Fsp3) is 0.556. The van der Waals surface area contributed by atoms with E-state index < -0.39 is 0 Å². The molecule has 1 aliphatic heterocycles. The van der Waals surface area contributed by atoms with Crippen LogP contribution in [-0.2, 0) is 16.1 Å². The second kappa shape index (κ2) is 8.34. The lowest BCUT2D eigenvalue weighted by molar-refractivity contribution is -0.135. The summed E-state index contributed by atoms with van der Waals surface area (Å²) in [5.41, 5.74) is 1.02. The molecular formula is C18H25ClN2O2. The first-order valence-corrected chi connectivity index (χ1v) is 8.61. The molecule has 0 saturated carbocycles. The molecule has 1 aromatic rings. The van der Waals surface area contributed by atoms with Gasteiger partial charge in [-0.15, -0.1) is 0 Å². The van der Waals surface area contributed by atoms with Crippen LogP contribution in [0.5, 0.6) is 0 Å². The van der Waals surface area contributed by atoms with Crippen LogP contribution in [0.25, 0.3) is 0 Å². The van der Waals surface area contributed by atoms with Crippen molar-refractivity contribution < 1.29 is 9.59 Å². The molecule has 0 aliphatic carbocycles. The van der Waals surface area contributed by atoms with Crippen LogP contribution in [-0.4, -0.2) is 41.2 Å². The third-order valence-corrected chi connectivity index (χ3v) is 4.59. The van der Waals surface area contributed by atoms with Gasteiger partial charge >= 0.3 is 0 Å². The van der Waals surface area contributed by atoms with Gasteiger partial charge in [0.2, 0.25) is 11.8 Å². The van der Waals surface area contributed by atoms with Gasteiger partial charge in [-0.05, 0) is 36.5 Å². The molecule has 1 aromatic carbocycles. The second-order valence-corrected chi connectivity index (χ2v) is 6.84. The molecule has 1 saturated heterocycles. The first kappa shape index (κ1) is 17.8. The third kappa shape index (κ3) is 5.54. The zero-order valence-electron chi connectivity index (χ0n) is 13.9. The Morgan fingerprint density at radius 3 is 2.61 bits per heavy atom. The molecule has 1 atom stereocenters. The van der Waals surface area contributed by atoms with Gasteiger partial charge in [-0.2, -0.15) is 0 Å². The van der Waals surface area contributed by atoms with Crippen molar-refractivity contribution >= 4 is 23.4 Å². The zero-order chi connectivity index (χ0) is 16.8. The lowest BCUT2D eigenvalue weighted by atomic mass is 10.00. The van der Waals surface area contributed by atoms with Crippen LogP contribution >= 0.6 is 11.6 Å². The standard InChI is InChI=1S/C18H25ClN2O2/c1-14-4-3-10-21(12-14)18(23)9-11-20(15(2)22)13-16-5-7-17(19)8-6-16/h5-8,14H,3-4,9-13H2,1-2H3. The fourth-order valence-electron chi connectivity index (χ4n) is 2.96. The quantitative estimate of drug-likeness (QED) is 0.827. The number of benzene rings is 1. The van der Waals surface area contributed by atoms with Gasteiger partial charge in [-0.1, -0.05) is 30.7 Å². The number of carbonyl (C=O) groups is 2. The van der Waals surface area contributed by atoms with Crippen molar-refractivity contribution in [3.63, 3.8) is 0 Å². The lowest BCUT2D eigenvalue weighted by Gasteiger charge is -2.31. The molecule has 0 aromatic heterocycles. The number of hydrogen-bond donors (Lipinski definition) is 0. The number of carbonyl (C=O) groups excluding carboxylic acids is 2. The van der Waals surface area contributed by atoms with Crippen LogP contribution in [0.2, 0.25) is 5.02 Å². The topological polar surface area (TPSA) is 40.6 Å². The SMILES string of the molecule is CC(=O)N(CCC(=O)N1CCCC(C)C1)Cc1ccc(Cl)cc1. The van der Waals surface area contributed by atoms with Crippen molar-refractivity contribution in [3.8, 4) is 0 Å². The van der Waals surface area contributed by atoms with Gasteiger partial charge in [0.25, 0.3) is 0 Å². The van der Waals surface area contributed by atoms with E-state index in [-0.39, 0.29) is 11.8 Å². The summed E-state index contributed by atoms with van der Waals surface area (Å²) in [6.45, 7) is 6.39. The molecule has 1 aliphatic rings. The normalized spacial score (nSPS) is 17.9. The molecule has 1 fully saturated rings. The Bertz CT molecular complexity index is 544. The Hall–Kier alpha value is -1.55. The highest BCUT2D eigenvalue weighted by molar-refractivity contribution is 6.30. The van der Waals surface area contributed by atoms with E-state index in [2.05, 4.69) is 6.92 Å². The lowest BCUT2D eigenvalue weighted by Crippen LogP contribution is -2.41. The molecule has 4 nitrogen and oxygen atoms in total. The van der Waals surface area contributed by atoms with Crippen LogP contribution in [0.15, 0.2) is 24.3 Å². The number of piperidine rings is 1. The smallest absolute Gasteiger partial charge is 0.224 e. The molecule has 0 N–H and O–H groups in total. The van der Waals surface area contributed by atoms with Crippen molar-refractivity contribution in [2.24, 2.45) is 5.92 Å². The van der Waals surface area contributed by atoms with Gasteiger partial charge in [-0.3, -0.25) is 9.59 Å². The molecule has 23 heavy (non-hydrogen) atoms. The Morgan fingerprint density at radius 2 is 2.00 bits per heavy atom. The summed E-state index contributed by atoms with van der Waals surface area (Å²) in [5.74, 6) is 0.712. The molecule has 126 valence electrons. The van der Waals surface area contributed by atoms with Crippen LogP contribution < -0.4 is 0 Å². The molecule has 0 bridgehead atoms. The number of nitrogens with zero attached hydrogens (tertiary/aromatic N) is 2. The second-order valence-electron chi connectivity index (χ2n) is 6.40. The molecular weight excluding hydrogens is 312 g/mol. The number of amides is 2. The van der Waals surface area contributed by atoms with Gasteiger partial charge in [0.1, 0.15) is 0 Å². The predicted molar refractivity (Wildman–Crippen MR) is 92.1 cm³/mol. The summed E-state index contributed by atoms with van der Waals surface area (Å²) in [4.78, 5) is 27.8. The summed E-state index contributed by atoms with van der Waals surface area (Å²) in [6, 6.07) is 7.45. The van der Waals surface area contributed by atoms with E-state index in [9.17, 15) is 9.59 Å². The largest absolute Gasteiger partial charge is 0.342 e. The number of hydrogen-bond acceptors (Lipinski definition) is 2. The minimum absolute atomic E-state index is 0.0141. The Morgan fingerprint density at radius 1 is 1.30 bits per heavy atom. The van der Waals surface area contributed by atoms with Crippen LogP contribution in [0.1, 0.15) is 38.7 Å². The van der Waals surface area contributed by atoms with Crippen molar-refractivity contribution in [1.29, 1.82) is 0 Å². The van der Waals surface area contributed by atoms with Crippen molar-refractivity contribution in [3.05, 3.63) is 34.9 Å². The Labute approximate surface area is 143 Å². The molecule has 2 amide bonds. The summed E-state index contributed by atoms with van der Waals surface area (Å²) >= 11 is 5.88. The van der Waals surface area contributed by atoms with E-state index >= 15 is 0 Å². The molecule has 0 radical (unpaired) electrons. The summed E-state index contributed by atoms with van der Waals surface area (Å²) < 4.78 is 0. The van der Waals surface area contributed by atoms with Gasteiger partial charge in [-0.25, -0.2) is 0 Å². The summed E-state index contributed by atoms with van der Waals surface area (Å²) in [6.07, 6.45) is 2.66. The maximum absolute atomic E-state index is 12.3. The number of rotatable bonds is 5. The number of likely N-dealkylation sites (tertiary alicyclic amines) is 1. The van der Waals surface area contributed by atoms with E-state index in [0.717, 1.165) is 25.1 Å². The van der Waals surface area contributed by atoms with E-state index in [1.165, 1.54) is 6.42 Å². The number of halogens is 1. The average Bonchev–Trinajstić information content (AvgIpc) is 2.52. The minimum atomic E-state index is -0.0141. The monoisotopic (exact) mass is 336 g/mol. The molecule has 2 rings (SSSR count). The van der Waals surface area contributed by atoms with Gasteiger partial charge in [0.05, 0.1) is 0 Å². The highest BCUT2D eigenvalue weighted by atomic mass is 35.5. The van der Waals surface area contributed by atoms with E-state index in [0.29, 0.717) is 30.5 Å². The Kier molecular flexibility index (Phi) is 6.46. The minimum Gasteiger partial charge on any atom is -0.342 e. The van der Waals surface area contributed by atoms with E-state index in [1.807, 2.05) is 29.2 Å². The first-order valence-electron chi connectivity index (χ1n) is 8.23. The molecule has 0 spiro atoms. The zero-order valence-corrected chi connectivity index (χ0v) is 14.7. The predicted octanol–water partition coefficient (Wildman–Crippen LogP) is 3.34. The summed E-state index contributed by atoms with van der Waals surface area (Å²) in [7, 11) is 0. The highest BCUT2D eigenvalue weighted by Gasteiger charge is 2.21. The van der Waals surface area contributed by atoms with Crippen molar-refractivity contribution in [1.82, 2.24) is 9.80 Å². The van der Waals surface area contributed by atoms with E-state index in [1.54, 1.807) is 11.8 Å². The van der Waals surface area contributed by atoms with Crippen molar-refractivity contribution in [2.45, 2.75) is 39.7 Å². The van der Waals surface area contributed by atoms with Crippen LogP contribution in [0, 0.1) is 5.92 Å². The Balaban J connectivity index is 1.88. The third-order valence-electron chi connectivity index (χ3n) is 4.34. The van der Waals surface area contributed by atoms with Gasteiger partial charge < -0.3 is 9.80 Å². The fourth-order valence-corrected chi connectivity index (χ4v) is 3.09. The average molecular weight is 337 g/mol. The molecule has 5 heteroatoms.